The number of amides is 2. The molecule has 0 saturated heterocycles. The van der Waals surface area contributed by atoms with E-state index in [1.807, 2.05) is 48.5 Å². The van der Waals surface area contributed by atoms with E-state index in [9.17, 15) is 18.0 Å². The summed E-state index contributed by atoms with van der Waals surface area (Å²) in [6.45, 7) is -0.403. The number of nitrogens with one attached hydrogen (secondary N) is 1. The normalized spacial score (nSPS) is 14.4. The van der Waals surface area contributed by atoms with Crippen molar-refractivity contribution in [2.24, 2.45) is 0 Å². The SMILES string of the molecule is COc1cccc(CN(C(=O)CN(c2cccc(OC)c2)S(C)(=O)=O)[C@H](Cc2ccccc2)C(=O)NC2CCCCC2)c1. The highest BCUT2D eigenvalue weighted by Crippen LogP contribution is 2.25. The quantitative estimate of drug-likeness (QED) is 0.306. The van der Waals surface area contributed by atoms with Gasteiger partial charge < -0.3 is 19.7 Å². The Morgan fingerprint density at radius 1 is 0.860 bits per heavy atom. The van der Waals surface area contributed by atoms with Crippen LogP contribution in [-0.2, 0) is 32.6 Å². The van der Waals surface area contributed by atoms with Gasteiger partial charge in [0.05, 0.1) is 26.2 Å². The zero-order valence-electron chi connectivity index (χ0n) is 25.1. The minimum absolute atomic E-state index is 0.0394. The molecule has 0 unspecified atom stereocenters. The number of ether oxygens (including phenoxy) is 2. The molecule has 1 fully saturated rings. The fraction of sp³-hybridized carbons (Fsp3) is 0.394. The van der Waals surface area contributed by atoms with Gasteiger partial charge in [0, 0.05) is 25.1 Å². The lowest BCUT2D eigenvalue weighted by Gasteiger charge is -2.35. The van der Waals surface area contributed by atoms with Crippen LogP contribution in [0.1, 0.15) is 43.2 Å². The highest BCUT2D eigenvalue weighted by Gasteiger charge is 2.34. The molecule has 10 heteroatoms. The van der Waals surface area contributed by atoms with Crippen LogP contribution < -0.4 is 19.1 Å². The van der Waals surface area contributed by atoms with E-state index in [-0.39, 0.29) is 24.9 Å². The highest BCUT2D eigenvalue weighted by atomic mass is 32.2. The topological polar surface area (TPSA) is 105 Å². The minimum atomic E-state index is -3.87. The molecule has 1 atom stereocenters. The molecule has 0 bridgehead atoms. The Morgan fingerprint density at radius 2 is 1.49 bits per heavy atom. The number of carbonyl (C=O) groups is 2. The van der Waals surface area contributed by atoms with Gasteiger partial charge in [-0.25, -0.2) is 8.42 Å². The first-order chi connectivity index (χ1) is 20.7. The lowest BCUT2D eigenvalue weighted by molar-refractivity contribution is -0.140. The van der Waals surface area contributed by atoms with Crippen LogP contribution in [0.25, 0.3) is 0 Å². The van der Waals surface area contributed by atoms with Crippen LogP contribution >= 0.6 is 0 Å². The molecule has 3 aromatic carbocycles. The third-order valence-corrected chi connectivity index (χ3v) is 8.87. The van der Waals surface area contributed by atoms with E-state index < -0.39 is 28.5 Å². The first-order valence-electron chi connectivity index (χ1n) is 14.6. The molecule has 43 heavy (non-hydrogen) atoms. The molecule has 1 saturated carbocycles. The molecule has 1 aliphatic rings. The Morgan fingerprint density at radius 3 is 2.14 bits per heavy atom. The van der Waals surface area contributed by atoms with Crippen LogP contribution in [0.2, 0.25) is 0 Å². The summed E-state index contributed by atoms with van der Waals surface area (Å²) in [5, 5.41) is 3.21. The van der Waals surface area contributed by atoms with Gasteiger partial charge in [-0.3, -0.25) is 13.9 Å². The van der Waals surface area contributed by atoms with Gasteiger partial charge >= 0.3 is 0 Å². The Hall–Kier alpha value is -4.05. The summed E-state index contributed by atoms with van der Waals surface area (Å²) in [7, 11) is -0.817. The average molecular weight is 608 g/mol. The largest absolute Gasteiger partial charge is 0.497 e. The van der Waals surface area contributed by atoms with Crippen molar-refractivity contribution in [2.45, 2.75) is 57.2 Å². The first-order valence-corrected chi connectivity index (χ1v) is 16.4. The molecule has 0 aromatic heterocycles. The maximum absolute atomic E-state index is 14.3. The third kappa shape index (κ3) is 8.97. The van der Waals surface area contributed by atoms with Gasteiger partial charge in [0.25, 0.3) is 0 Å². The van der Waals surface area contributed by atoms with Crippen LogP contribution in [-0.4, -0.2) is 64.2 Å². The molecule has 0 aliphatic heterocycles. The molecule has 1 aliphatic carbocycles. The van der Waals surface area contributed by atoms with E-state index in [4.69, 9.17) is 9.47 Å². The molecular formula is C33H41N3O6S. The lowest BCUT2D eigenvalue weighted by atomic mass is 9.94. The fourth-order valence-corrected chi connectivity index (χ4v) is 6.29. The first kappa shape index (κ1) is 31.9. The molecule has 0 heterocycles. The maximum Gasteiger partial charge on any atom is 0.244 e. The molecule has 4 rings (SSSR count). The van der Waals surface area contributed by atoms with E-state index in [0.29, 0.717) is 17.2 Å². The number of benzene rings is 3. The van der Waals surface area contributed by atoms with Crippen molar-refractivity contribution in [3.63, 3.8) is 0 Å². The van der Waals surface area contributed by atoms with Crippen LogP contribution in [0.3, 0.4) is 0 Å². The number of anilines is 1. The number of nitrogens with zero attached hydrogens (tertiary/aromatic N) is 2. The van der Waals surface area contributed by atoms with E-state index in [0.717, 1.165) is 53.8 Å². The van der Waals surface area contributed by atoms with Gasteiger partial charge in [-0.15, -0.1) is 0 Å². The van der Waals surface area contributed by atoms with E-state index >= 15 is 0 Å². The Kier molecular flexibility index (Phi) is 11.1. The van der Waals surface area contributed by atoms with Crippen molar-refractivity contribution in [1.82, 2.24) is 10.2 Å². The number of hydrogen-bond acceptors (Lipinski definition) is 6. The summed E-state index contributed by atoms with van der Waals surface area (Å²) in [6, 6.07) is 22.6. The van der Waals surface area contributed by atoms with E-state index in [1.165, 1.54) is 12.0 Å². The van der Waals surface area contributed by atoms with Crippen LogP contribution in [0, 0.1) is 0 Å². The van der Waals surface area contributed by atoms with Crippen molar-refractivity contribution in [3.8, 4) is 11.5 Å². The second-order valence-corrected chi connectivity index (χ2v) is 12.8. The number of rotatable bonds is 13. The lowest BCUT2D eigenvalue weighted by Crippen LogP contribution is -2.55. The molecule has 1 N–H and O–H groups in total. The molecule has 0 spiro atoms. The number of hydrogen-bond donors (Lipinski definition) is 1. The summed E-state index contributed by atoms with van der Waals surface area (Å²) in [6.07, 6.45) is 6.36. The molecule has 2 amide bonds. The summed E-state index contributed by atoms with van der Waals surface area (Å²) in [4.78, 5) is 29.8. The Labute approximate surface area is 254 Å². The predicted molar refractivity (Wildman–Crippen MR) is 168 cm³/mol. The van der Waals surface area contributed by atoms with E-state index in [2.05, 4.69) is 5.32 Å². The number of carbonyl (C=O) groups excluding carboxylic acids is 2. The number of methoxy groups -OCH3 is 2. The van der Waals surface area contributed by atoms with Gasteiger partial charge in [0.1, 0.15) is 24.1 Å². The van der Waals surface area contributed by atoms with Gasteiger partial charge in [-0.1, -0.05) is 67.8 Å². The zero-order valence-corrected chi connectivity index (χ0v) is 25.9. The van der Waals surface area contributed by atoms with Crippen molar-refractivity contribution in [1.29, 1.82) is 0 Å². The highest BCUT2D eigenvalue weighted by molar-refractivity contribution is 7.92. The smallest absolute Gasteiger partial charge is 0.244 e. The van der Waals surface area contributed by atoms with Gasteiger partial charge in [0.15, 0.2) is 0 Å². The van der Waals surface area contributed by atoms with Crippen LogP contribution in [0.5, 0.6) is 11.5 Å². The van der Waals surface area contributed by atoms with E-state index in [1.54, 1.807) is 37.4 Å². The monoisotopic (exact) mass is 607 g/mol. The summed E-state index contributed by atoms with van der Waals surface area (Å²) in [5.74, 6) is 0.320. The molecule has 0 radical (unpaired) electrons. The Bertz CT molecular complexity index is 1470. The van der Waals surface area contributed by atoms with Gasteiger partial charge in [-0.2, -0.15) is 0 Å². The number of sulfonamides is 1. The average Bonchev–Trinajstić information content (AvgIpc) is 3.02. The predicted octanol–water partition coefficient (Wildman–Crippen LogP) is 4.56. The second kappa shape index (κ2) is 14.9. The summed E-state index contributed by atoms with van der Waals surface area (Å²) >= 11 is 0. The molecule has 230 valence electrons. The minimum Gasteiger partial charge on any atom is -0.497 e. The van der Waals surface area contributed by atoms with Crippen molar-refractivity contribution >= 4 is 27.5 Å². The standard InChI is InChI=1S/C33H41N3O6S/c1-41-29-18-10-14-26(20-29)23-35(32(37)24-36(43(3,39)40)28-17-11-19-30(22-28)42-2)31(21-25-12-6-4-7-13-25)33(38)34-27-15-8-5-9-16-27/h4,6-7,10-14,17-20,22,27,31H,5,8-9,15-16,21,23-24H2,1-3H3,(H,34,38)/t31-/m1/s1. The zero-order chi connectivity index (χ0) is 30.8. The van der Waals surface area contributed by atoms with Crippen molar-refractivity contribution in [2.75, 3.05) is 31.3 Å². The molecule has 3 aromatic rings. The van der Waals surface area contributed by atoms with Crippen molar-refractivity contribution in [3.05, 3.63) is 90.0 Å². The van der Waals surface area contributed by atoms with Crippen LogP contribution in [0.4, 0.5) is 5.69 Å². The van der Waals surface area contributed by atoms with Gasteiger partial charge in [-0.05, 0) is 48.2 Å². The maximum atomic E-state index is 14.3. The third-order valence-electron chi connectivity index (χ3n) is 7.73. The van der Waals surface area contributed by atoms with Crippen molar-refractivity contribution < 1.29 is 27.5 Å². The van der Waals surface area contributed by atoms with Gasteiger partial charge in [0.2, 0.25) is 21.8 Å². The Balaban J connectivity index is 1.73. The fourth-order valence-electron chi connectivity index (χ4n) is 5.45. The van der Waals surface area contributed by atoms with Crippen LogP contribution in [0.15, 0.2) is 78.9 Å². The molecular weight excluding hydrogens is 566 g/mol. The summed E-state index contributed by atoms with van der Waals surface area (Å²) in [5.41, 5.74) is 1.94. The summed E-state index contributed by atoms with van der Waals surface area (Å²) < 4.78 is 37.8. The molecule has 9 nitrogen and oxygen atoms in total. The second-order valence-electron chi connectivity index (χ2n) is 10.9.